The molecule has 0 fully saturated rings. The third kappa shape index (κ3) is 5.54. The van der Waals surface area contributed by atoms with Gasteiger partial charge in [0.05, 0.1) is 29.3 Å². The Balaban J connectivity index is 2.00. The van der Waals surface area contributed by atoms with Gasteiger partial charge in [0.2, 0.25) is 0 Å². The van der Waals surface area contributed by atoms with Gasteiger partial charge in [0.15, 0.2) is 9.84 Å². The first-order valence-electron chi connectivity index (χ1n) is 11.2. The normalized spacial score (nSPS) is 17.9. The van der Waals surface area contributed by atoms with Crippen molar-refractivity contribution in [2.24, 2.45) is 0 Å². The number of methoxy groups -OCH3 is 1. The number of benzene rings is 2. The fourth-order valence-electron chi connectivity index (χ4n) is 4.06. The molecule has 1 unspecified atom stereocenters. The molecule has 1 atom stereocenters. The zero-order chi connectivity index (χ0) is 24.1. The van der Waals surface area contributed by atoms with E-state index in [-0.39, 0.29) is 39.0 Å². The van der Waals surface area contributed by atoms with Crippen molar-refractivity contribution in [1.29, 1.82) is 0 Å². The van der Waals surface area contributed by atoms with Crippen LogP contribution in [0.5, 0.6) is 5.75 Å². The van der Waals surface area contributed by atoms with Crippen LogP contribution in [0, 0.1) is 0 Å². The number of carbonyl (C=O) groups is 1. The molecule has 2 aromatic carbocycles. The van der Waals surface area contributed by atoms with Crippen LogP contribution in [0.4, 0.5) is 0 Å². The molecule has 33 heavy (non-hydrogen) atoms. The van der Waals surface area contributed by atoms with Gasteiger partial charge in [-0.05, 0) is 30.7 Å². The molecule has 0 radical (unpaired) electrons. The molecule has 0 spiro atoms. The van der Waals surface area contributed by atoms with Gasteiger partial charge >= 0.3 is 5.97 Å². The molecule has 3 rings (SSSR count). The molecule has 0 amide bonds. The van der Waals surface area contributed by atoms with Gasteiger partial charge in [0, 0.05) is 5.56 Å². The van der Waals surface area contributed by atoms with Gasteiger partial charge in [-0.3, -0.25) is 9.11 Å². The monoisotopic (exact) mass is 496 g/mol. The van der Waals surface area contributed by atoms with Crippen LogP contribution < -0.4 is 4.74 Å². The Morgan fingerprint density at radius 2 is 1.70 bits per heavy atom. The van der Waals surface area contributed by atoms with E-state index in [1.807, 2.05) is 0 Å². The average molecular weight is 497 g/mol. The van der Waals surface area contributed by atoms with Crippen LogP contribution in [0.1, 0.15) is 66.6 Å². The van der Waals surface area contributed by atoms with Crippen molar-refractivity contribution in [3.05, 3.63) is 53.6 Å². The Morgan fingerprint density at radius 3 is 2.36 bits per heavy atom. The lowest BCUT2D eigenvalue weighted by Crippen LogP contribution is -2.17. The highest BCUT2D eigenvalue weighted by atomic mass is 32.3. The number of ether oxygens (including phenoxy) is 2. The second kappa shape index (κ2) is 10.9. The molecule has 9 heteroatoms. The minimum atomic E-state index is -3.97. The number of hydrogen-bond acceptors (Lipinski definition) is 7. The quantitative estimate of drug-likeness (QED) is 0.296. The molecule has 0 saturated carbocycles. The zero-order valence-corrected chi connectivity index (χ0v) is 20.7. The van der Waals surface area contributed by atoms with Crippen molar-refractivity contribution in [1.82, 2.24) is 0 Å². The summed E-state index contributed by atoms with van der Waals surface area (Å²) in [7, 11) is -6.11. The topological polar surface area (TPSA) is 110 Å². The summed E-state index contributed by atoms with van der Waals surface area (Å²) in [5, 5.41) is -1.25. The Morgan fingerprint density at radius 1 is 1.03 bits per heavy atom. The van der Waals surface area contributed by atoms with Crippen molar-refractivity contribution in [3.63, 3.8) is 0 Å². The smallest absolute Gasteiger partial charge is 0.341 e. The molecule has 2 aromatic rings. The first-order chi connectivity index (χ1) is 15.7. The van der Waals surface area contributed by atoms with Crippen molar-refractivity contribution in [2.75, 3.05) is 19.5 Å². The number of sulfone groups is 1. The molecule has 0 aliphatic carbocycles. The Bertz CT molecular complexity index is 1070. The predicted octanol–water partition coefficient (Wildman–Crippen LogP) is 5.85. The maximum absolute atomic E-state index is 13.5. The minimum absolute atomic E-state index is 0.0647. The highest BCUT2D eigenvalue weighted by Gasteiger charge is 2.46. The Labute approximate surface area is 197 Å². The molecule has 0 bridgehead atoms. The van der Waals surface area contributed by atoms with E-state index >= 15 is 0 Å². The van der Waals surface area contributed by atoms with E-state index in [1.54, 1.807) is 18.2 Å². The molecule has 1 aliphatic rings. The zero-order valence-electron chi connectivity index (χ0n) is 19.0. The SMILES string of the molecule is CCCCCCCCOc1c(C(=O)OC)ccc2c1C(S(=O)(=O)c1ccccc1)CS2(O)O. The van der Waals surface area contributed by atoms with E-state index in [1.165, 1.54) is 37.8 Å². The van der Waals surface area contributed by atoms with Crippen LogP contribution in [-0.2, 0) is 14.6 Å². The van der Waals surface area contributed by atoms with Gasteiger partial charge in [-0.1, -0.05) is 57.2 Å². The van der Waals surface area contributed by atoms with Crippen molar-refractivity contribution in [3.8, 4) is 5.75 Å². The van der Waals surface area contributed by atoms with Crippen LogP contribution in [0.2, 0.25) is 0 Å². The van der Waals surface area contributed by atoms with Gasteiger partial charge in [-0.25, -0.2) is 13.2 Å². The van der Waals surface area contributed by atoms with E-state index in [4.69, 9.17) is 9.47 Å². The second-order valence-electron chi connectivity index (χ2n) is 8.14. The van der Waals surface area contributed by atoms with Crippen molar-refractivity contribution < 1.29 is 31.8 Å². The minimum Gasteiger partial charge on any atom is -0.492 e. The van der Waals surface area contributed by atoms with E-state index < -0.39 is 31.6 Å². The highest BCUT2D eigenvalue weighted by Crippen LogP contribution is 2.63. The number of unbranched alkanes of at least 4 members (excludes halogenated alkanes) is 5. The maximum atomic E-state index is 13.5. The fraction of sp³-hybridized carbons (Fsp3) is 0.458. The van der Waals surface area contributed by atoms with Crippen LogP contribution in [0.25, 0.3) is 0 Å². The van der Waals surface area contributed by atoms with Gasteiger partial charge < -0.3 is 9.47 Å². The third-order valence-corrected chi connectivity index (χ3v) is 9.96. The molecule has 1 aliphatic heterocycles. The molecule has 0 saturated heterocycles. The summed E-state index contributed by atoms with van der Waals surface area (Å²) in [6.07, 6.45) is 6.22. The summed E-state index contributed by atoms with van der Waals surface area (Å²) < 4.78 is 59.3. The summed E-state index contributed by atoms with van der Waals surface area (Å²) >= 11 is 0. The second-order valence-corrected chi connectivity index (χ2v) is 12.4. The average Bonchev–Trinajstić information content (AvgIpc) is 3.10. The van der Waals surface area contributed by atoms with Crippen LogP contribution in [0.15, 0.2) is 52.3 Å². The van der Waals surface area contributed by atoms with E-state index in [2.05, 4.69) is 6.92 Å². The molecular formula is C24H32O7S2. The van der Waals surface area contributed by atoms with Crippen molar-refractivity contribution >= 4 is 26.4 Å². The predicted molar refractivity (Wildman–Crippen MR) is 129 cm³/mol. The Kier molecular flexibility index (Phi) is 8.44. The molecule has 7 nitrogen and oxygen atoms in total. The number of rotatable bonds is 11. The summed E-state index contributed by atoms with van der Waals surface area (Å²) in [6, 6.07) is 10.7. The third-order valence-electron chi connectivity index (χ3n) is 5.81. The van der Waals surface area contributed by atoms with Gasteiger partial charge in [0.25, 0.3) is 0 Å². The molecule has 0 aromatic heterocycles. The lowest BCUT2D eigenvalue weighted by Gasteiger charge is -2.27. The highest BCUT2D eigenvalue weighted by molar-refractivity contribution is 8.25. The van der Waals surface area contributed by atoms with Gasteiger partial charge in [0.1, 0.15) is 16.6 Å². The van der Waals surface area contributed by atoms with E-state index in [0.717, 1.165) is 32.1 Å². The summed E-state index contributed by atoms with van der Waals surface area (Å²) in [4.78, 5) is 12.6. The fourth-order valence-corrected chi connectivity index (χ4v) is 8.47. The maximum Gasteiger partial charge on any atom is 0.341 e. The lowest BCUT2D eigenvalue weighted by atomic mass is 10.1. The number of esters is 1. The van der Waals surface area contributed by atoms with Crippen molar-refractivity contribution in [2.45, 2.75) is 60.5 Å². The number of hydrogen-bond donors (Lipinski definition) is 2. The van der Waals surface area contributed by atoms with Gasteiger partial charge in [-0.2, -0.15) is 10.6 Å². The summed E-state index contributed by atoms with van der Waals surface area (Å²) in [5.41, 5.74) is 0.223. The molecule has 182 valence electrons. The molecular weight excluding hydrogens is 464 g/mol. The van der Waals surface area contributed by atoms with E-state index in [0.29, 0.717) is 0 Å². The molecule has 1 heterocycles. The van der Waals surface area contributed by atoms with Crippen LogP contribution >= 0.6 is 10.6 Å². The Hall–Kier alpha value is -2.07. The van der Waals surface area contributed by atoms with Crippen LogP contribution in [-0.4, -0.2) is 43.0 Å². The van der Waals surface area contributed by atoms with Crippen LogP contribution in [0.3, 0.4) is 0 Å². The number of carbonyl (C=O) groups excluding carboxylic acids is 1. The largest absolute Gasteiger partial charge is 0.492 e. The summed E-state index contributed by atoms with van der Waals surface area (Å²) in [5.74, 6) is -0.984. The summed E-state index contributed by atoms with van der Waals surface area (Å²) in [6.45, 7) is 2.43. The lowest BCUT2D eigenvalue weighted by molar-refractivity contribution is 0.0595. The standard InChI is InChI=1S/C24H32O7S2/c1-3-4-5-6-7-11-16-31-23-19(24(25)30-2)14-15-20-22(23)21(17-32(20,26)27)33(28,29)18-12-9-8-10-13-18/h8-10,12-15,21,26-27H,3-7,11,16-17H2,1-2H3. The number of fused-ring (bicyclic) bond motifs is 1. The van der Waals surface area contributed by atoms with E-state index in [9.17, 15) is 22.3 Å². The first-order valence-corrected chi connectivity index (χ1v) is 14.4. The first kappa shape index (κ1) is 25.6. The molecule has 2 N–H and O–H groups in total. The van der Waals surface area contributed by atoms with Gasteiger partial charge in [-0.15, -0.1) is 0 Å².